The van der Waals surface area contributed by atoms with Gasteiger partial charge in [0, 0.05) is 86.2 Å². The molecule has 3 aliphatic rings. The van der Waals surface area contributed by atoms with Crippen molar-refractivity contribution in [3.05, 3.63) is 58.9 Å². The number of aryl methyl sites for hydroxylation is 1. The number of benzene rings is 1. The second-order valence-electron chi connectivity index (χ2n) is 11.9. The Hall–Kier alpha value is -2.77. The van der Waals surface area contributed by atoms with Crippen molar-refractivity contribution in [2.24, 2.45) is 11.8 Å². The smallest absolute Gasteiger partial charge is 0.230 e. The average Bonchev–Trinajstić information content (AvgIpc) is 3.20. The van der Waals surface area contributed by atoms with Gasteiger partial charge in [-0.2, -0.15) is 0 Å². The van der Waals surface area contributed by atoms with E-state index in [0.717, 1.165) is 37.1 Å². The number of ketones is 1. The van der Waals surface area contributed by atoms with Gasteiger partial charge in [-0.1, -0.05) is 17.7 Å². The Morgan fingerprint density at radius 3 is 2.40 bits per heavy atom. The van der Waals surface area contributed by atoms with Crippen LogP contribution in [0.5, 0.6) is 0 Å². The van der Waals surface area contributed by atoms with Crippen molar-refractivity contribution in [2.45, 2.75) is 77.3 Å². The molecule has 2 bridgehead atoms. The summed E-state index contributed by atoms with van der Waals surface area (Å²) in [6.07, 6.45) is 10.8. The lowest BCUT2D eigenvalue weighted by Gasteiger charge is -2.39. The maximum Gasteiger partial charge on any atom is 0.230 e. The van der Waals surface area contributed by atoms with Gasteiger partial charge in [-0.25, -0.2) is 0 Å². The first-order chi connectivity index (χ1) is 19.3. The number of nitrogens with zero attached hydrogens (tertiary/aromatic N) is 4. The number of Topliss-reactive ketones (excluding diaryl/α,β-unsaturated/α-hetero) is 1. The Labute approximate surface area is 242 Å². The molecule has 2 unspecified atom stereocenters. The van der Waals surface area contributed by atoms with Crippen LogP contribution < -0.4 is 4.90 Å². The van der Waals surface area contributed by atoms with E-state index in [9.17, 15) is 14.4 Å². The van der Waals surface area contributed by atoms with E-state index in [1.165, 1.54) is 12.8 Å². The molecule has 4 heterocycles. The van der Waals surface area contributed by atoms with Crippen LogP contribution in [0.1, 0.15) is 74.2 Å². The number of pyridine rings is 1. The summed E-state index contributed by atoms with van der Waals surface area (Å²) >= 11 is 6.48. The van der Waals surface area contributed by atoms with Crippen molar-refractivity contribution in [3.8, 4) is 0 Å². The van der Waals surface area contributed by atoms with Gasteiger partial charge in [0.25, 0.3) is 0 Å². The summed E-state index contributed by atoms with van der Waals surface area (Å²) in [7, 11) is 0. The number of carbonyl (C=O) groups excluding carboxylic acids is 3. The van der Waals surface area contributed by atoms with Gasteiger partial charge in [0.05, 0.1) is 0 Å². The van der Waals surface area contributed by atoms with Crippen molar-refractivity contribution in [3.63, 3.8) is 0 Å². The van der Waals surface area contributed by atoms with Gasteiger partial charge in [0.1, 0.15) is 0 Å². The number of anilines is 1. The summed E-state index contributed by atoms with van der Waals surface area (Å²) in [6.45, 7) is 6.43. The van der Waals surface area contributed by atoms with Crippen molar-refractivity contribution >= 4 is 34.9 Å². The molecule has 0 spiro atoms. The molecule has 3 fully saturated rings. The number of fused-ring (bicyclic) bond motifs is 2. The number of piperidine rings is 2. The SMILES string of the molecule is CC(=O)N1CCC(C(=O)N(CCCN2C3CCC2CC(CC(=O)c2cccnc2)C3)c2ccc(C)c(Cl)c2)CC1. The standard InChI is InChI=1S/C32H41ClN4O3/c1-22-6-7-29(20-30(22)33)37(32(40)25-10-15-35(16-11-25)23(2)38)14-4-13-36-27-8-9-28(36)18-24(17-27)19-31(39)26-5-3-12-34-21-26/h3,5-7,12,20-21,24-25,27-28H,4,8-11,13-19H2,1-2H3. The van der Waals surface area contributed by atoms with Crippen LogP contribution in [0.15, 0.2) is 42.7 Å². The van der Waals surface area contributed by atoms with Gasteiger partial charge in [-0.15, -0.1) is 0 Å². The van der Waals surface area contributed by atoms with Crippen LogP contribution in [-0.2, 0) is 9.59 Å². The third-order valence-corrected chi connectivity index (χ3v) is 9.67. The molecule has 8 heteroatoms. The number of hydrogen-bond donors (Lipinski definition) is 0. The summed E-state index contributed by atoms with van der Waals surface area (Å²) in [5.74, 6) is 0.757. The Morgan fingerprint density at radius 1 is 1.05 bits per heavy atom. The maximum atomic E-state index is 13.8. The van der Waals surface area contributed by atoms with Crippen molar-refractivity contribution in [1.29, 1.82) is 0 Å². The molecule has 40 heavy (non-hydrogen) atoms. The average molecular weight is 565 g/mol. The van der Waals surface area contributed by atoms with Crippen LogP contribution in [0.2, 0.25) is 5.02 Å². The Kier molecular flexibility index (Phi) is 9.21. The summed E-state index contributed by atoms with van der Waals surface area (Å²) in [4.78, 5) is 48.9. The molecule has 3 aliphatic heterocycles. The normalized spacial score (nSPS) is 23.3. The van der Waals surface area contributed by atoms with Crippen LogP contribution in [-0.4, -0.2) is 70.6 Å². The molecule has 0 radical (unpaired) electrons. The van der Waals surface area contributed by atoms with Gasteiger partial charge < -0.3 is 9.80 Å². The van der Waals surface area contributed by atoms with Gasteiger partial charge >= 0.3 is 0 Å². The van der Waals surface area contributed by atoms with Gasteiger partial charge in [-0.05, 0) is 87.6 Å². The first-order valence-corrected chi connectivity index (χ1v) is 15.2. The molecule has 5 rings (SSSR count). The van der Waals surface area contributed by atoms with E-state index in [1.54, 1.807) is 19.3 Å². The first-order valence-electron chi connectivity index (χ1n) is 14.8. The number of carbonyl (C=O) groups is 3. The monoisotopic (exact) mass is 564 g/mol. The lowest BCUT2D eigenvalue weighted by Crippen LogP contribution is -2.46. The molecule has 1 aromatic heterocycles. The third kappa shape index (κ3) is 6.58. The highest BCUT2D eigenvalue weighted by molar-refractivity contribution is 6.31. The first kappa shape index (κ1) is 28.7. The zero-order valence-corrected chi connectivity index (χ0v) is 24.5. The highest BCUT2D eigenvalue weighted by Crippen LogP contribution is 2.40. The molecule has 2 amide bonds. The second-order valence-corrected chi connectivity index (χ2v) is 12.3. The minimum Gasteiger partial charge on any atom is -0.343 e. The molecule has 7 nitrogen and oxygen atoms in total. The van der Waals surface area contributed by atoms with Crippen molar-refractivity contribution < 1.29 is 14.4 Å². The number of aromatic nitrogens is 1. The number of likely N-dealkylation sites (tertiary alicyclic amines) is 1. The Morgan fingerprint density at radius 2 is 1.77 bits per heavy atom. The molecule has 2 aromatic rings. The van der Waals surface area contributed by atoms with Crippen LogP contribution in [0, 0.1) is 18.8 Å². The molecule has 0 saturated carbocycles. The zero-order chi connectivity index (χ0) is 28.2. The molecule has 214 valence electrons. The number of hydrogen-bond acceptors (Lipinski definition) is 5. The van der Waals surface area contributed by atoms with E-state index >= 15 is 0 Å². The topological polar surface area (TPSA) is 73.8 Å². The van der Waals surface area contributed by atoms with E-state index in [1.807, 2.05) is 47.1 Å². The van der Waals surface area contributed by atoms with Gasteiger partial charge in [0.15, 0.2) is 5.78 Å². The van der Waals surface area contributed by atoms with Gasteiger partial charge in [-0.3, -0.25) is 24.3 Å². The summed E-state index contributed by atoms with van der Waals surface area (Å²) in [5, 5.41) is 0.669. The van der Waals surface area contributed by atoms with Crippen molar-refractivity contribution in [1.82, 2.24) is 14.8 Å². The van der Waals surface area contributed by atoms with Crippen LogP contribution in [0.4, 0.5) is 5.69 Å². The van der Waals surface area contributed by atoms with E-state index in [-0.39, 0.29) is 23.5 Å². The summed E-state index contributed by atoms with van der Waals surface area (Å²) in [5.41, 5.74) is 2.56. The summed E-state index contributed by atoms with van der Waals surface area (Å²) < 4.78 is 0. The quantitative estimate of drug-likeness (QED) is 0.374. The van der Waals surface area contributed by atoms with Crippen LogP contribution >= 0.6 is 11.6 Å². The fourth-order valence-corrected chi connectivity index (χ4v) is 7.19. The predicted molar refractivity (Wildman–Crippen MR) is 158 cm³/mol. The molecule has 0 aliphatic carbocycles. The zero-order valence-electron chi connectivity index (χ0n) is 23.7. The van der Waals surface area contributed by atoms with Crippen LogP contribution in [0.3, 0.4) is 0 Å². The van der Waals surface area contributed by atoms with E-state index in [0.29, 0.717) is 67.5 Å². The molecule has 2 atom stereocenters. The lowest BCUT2D eigenvalue weighted by atomic mass is 9.85. The fourth-order valence-electron chi connectivity index (χ4n) is 7.02. The third-order valence-electron chi connectivity index (χ3n) is 9.26. The molecule has 3 saturated heterocycles. The van der Waals surface area contributed by atoms with E-state index < -0.39 is 0 Å². The second kappa shape index (κ2) is 12.8. The number of rotatable bonds is 9. The number of halogens is 1. The number of amides is 2. The van der Waals surface area contributed by atoms with E-state index in [4.69, 9.17) is 11.6 Å². The largest absolute Gasteiger partial charge is 0.343 e. The minimum absolute atomic E-state index is 0.0768. The molecular formula is C32H41ClN4O3. The lowest BCUT2D eigenvalue weighted by molar-refractivity contribution is -0.133. The van der Waals surface area contributed by atoms with E-state index in [2.05, 4.69) is 9.88 Å². The molecule has 1 aromatic carbocycles. The highest BCUT2D eigenvalue weighted by atomic mass is 35.5. The highest BCUT2D eigenvalue weighted by Gasteiger charge is 2.41. The fraction of sp³-hybridized carbons (Fsp3) is 0.562. The van der Waals surface area contributed by atoms with Crippen LogP contribution in [0.25, 0.3) is 0 Å². The Bertz CT molecular complexity index is 1200. The molecular weight excluding hydrogens is 524 g/mol. The minimum atomic E-state index is -0.0834. The Balaban J connectivity index is 1.19. The maximum absolute atomic E-state index is 13.8. The molecule has 0 N–H and O–H groups in total. The van der Waals surface area contributed by atoms with Crippen molar-refractivity contribution in [2.75, 3.05) is 31.1 Å². The summed E-state index contributed by atoms with van der Waals surface area (Å²) in [6, 6.07) is 10.6. The predicted octanol–water partition coefficient (Wildman–Crippen LogP) is 5.54. The van der Waals surface area contributed by atoms with Gasteiger partial charge in [0.2, 0.25) is 11.8 Å².